The van der Waals surface area contributed by atoms with Crippen molar-refractivity contribution in [1.29, 1.82) is 0 Å². The van der Waals surface area contributed by atoms with Gasteiger partial charge >= 0.3 is 37.6 Å². The van der Waals surface area contributed by atoms with Crippen molar-refractivity contribution in [3.63, 3.8) is 0 Å². The Morgan fingerprint density at radius 2 is 1.28 bits per heavy atom. The van der Waals surface area contributed by atoms with Crippen LogP contribution >= 0.6 is 0 Å². The summed E-state index contributed by atoms with van der Waals surface area (Å²) in [5.74, 6) is 1.64. The normalized spacial score (nSPS) is 12.1. The van der Waals surface area contributed by atoms with Crippen LogP contribution in [0.3, 0.4) is 0 Å². The van der Waals surface area contributed by atoms with Gasteiger partial charge in [-0.25, -0.2) is 12.2 Å². The molecule has 0 heterocycles. The number of para-hydroxylation sites is 1. The largest absolute Gasteiger partial charge is 0.456 e. The molecule has 1 aliphatic carbocycles. The smallest absolute Gasteiger partial charge is 0.142 e. The van der Waals surface area contributed by atoms with E-state index in [1.807, 2.05) is 66.7 Å². The van der Waals surface area contributed by atoms with Crippen LogP contribution in [-0.2, 0) is 20.0 Å². The molecule has 193 valence electrons. The van der Waals surface area contributed by atoms with E-state index in [0.717, 1.165) is 40.2 Å². The predicted octanol–water partition coefficient (Wildman–Crippen LogP) is 9.71. The maximum atomic E-state index is 6.45. The third-order valence-corrected chi connectivity index (χ3v) is 5.43. The molecular formula is C37H35OTi. The van der Waals surface area contributed by atoms with E-state index in [9.17, 15) is 0 Å². The van der Waals surface area contributed by atoms with Crippen molar-refractivity contribution in [2.24, 2.45) is 0 Å². The van der Waals surface area contributed by atoms with Crippen molar-refractivity contribution in [1.82, 2.24) is 0 Å². The van der Waals surface area contributed by atoms with Crippen LogP contribution in [0.25, 0.3) is 17.4 Å². The molecule has 1 aliphatic rings. The van der Waals surface area contributed by atoms with E-state index in [1.165, 1.54) is 9.37 Å². The standard InChI is InChI=1S/C29H24O.C5H5.C3H6.Ti/c1-23-17-19-24(20-18-23)21-22-28(25-11-5-2-6-12-25)29(26-13-7-3-8-14-26)30-27-15-9-4-10-16-27;1-2-4-5-3-1;1-3-2;/h2-22H,1H3;1-3H,4H2;1-2H3;/q;-1;;+1. The van der Waals surface area contributed by atoms with E-state index in [4.69, 9.17) is 4.74 Å². The summed E-state index contributed by atoms with van der Waals surface area (Å²) in [6.45, 7) is 6.27. The van der Waals surface area contributed by atoms with Crippen LogP contribution in [0.2, 0.25) is 0 Å². The molecule has 0 N–H and O–H groups in total. The van der Waals surface area contributed by atoms with Crippen molar-refractivity contribution in [2.45, 2.75) is 27.2 Å². The fourth-order valence-electron chi connectivity index (χ4n) is 3.58. The Morgan fingerprint density at radius 3 is 1.77 bits per heavy atom. The van der Waals surface area contributed by atoms with Gasteiger partial charge in [-0.15, -0.1) is 6.42 Å². The second-order valence-corrected chi connectivity index (χ2v) is 10.7. The summed E-state index contributed by atoms with van der Waals surface area (Å²) < 4.78 is 7.87. The first-order valence-electron chi connectivity index (χ1n) is 13.1. The molecule has 4 aromatic carbocycles. The van der Waals surface area contributed by atoms with Crippen LogP contribution in [0, 0.1) is 13.0 Å². The number of benzene rings is 4. The predicted molar refractivity (Wildman–Crippen MR) is 165 cm³/mol. The molecule has 0 bridgehead atoms. The second-order valence-electron chi connectivity index (χ2n) is 9.14. The van der Waals surface area contributed by atoms with Crippen LogP contribution < -0.4 is 4.74 Å². The topological polar surface area (TPSA) is 9.23 Å². The number of aryl methyl sites for hydroxylation is 1. The summed E-state index contributed by atoms with van der Waals surface area (Å²) in [5.41, 5.74) is 5.58. The molecule has 0 spiro atoms. The number of allylic oxidation sites excluding steroid dienone is 6. The Hall–Kier alpha value is -3.78. The molecule has 0 amide bonds. The van der Waals surface area contributed by atoms with E-state index in [2.05, 4.69) is 126 Å². The summed E-state index contributed by atoms with van der Waals surface area (Å²) in [4.78, 5) is 0. The van der Waals surface area contributed by atoms with Crippen molar-refractivity contribution in [3.8, 4) is 5.75 Å². The van der Waals surface area contributed by atoms with Gasteiger partial charge in [-0.05, 0) is 30.2 Å². The number of hydrogen-bond donors (Lipinski definition) is 0. The molecule has 4 aromatic rings. The fourth-order valence-corrected chi connectivity index (χ4v) is 3.58. The zero-order valence-corrected chi connectivity index (χ0v) is 24.5. The molecule has 0 aromatic heterocycles. The van der Waals surface area contributed by atoms with E-state index in [0.29, 0.717) is 0 Å². The van der Waals surface area contributed by atoms with Crippen LogP contribution in [0.4, 0.5) is 0 Å². The van der Waals surface area contributed by atoms with E-state index >= 15 is 0 Å². The van der Waals surface area contributed by atoms with Gasteiger partial charge in [0, 0.05) is 11.1 Å². The van der Waals surface area contributed by atoms with Crippen LogP contribution in [0.1, 0.15) is 42.5 Å². The molecule has 39 heavy (non-hydrogen) atoms. The average Bonchev–Trinajstić information content (AvgIpc) is 3.56. The number of ether oxygens (including phenoxy) is 1. The number of rotatable bonds is 6. The van der Waals surface area contributed by atoms with Gasteiger partial charge in [-0.1, -0.05) is 121 Å². The first kappa shape index (κ1) is 29.8. The van der Waals surface area contributed by atoms with Gasteiger partial charge < -0.3 is 4.74 Å². The Morgan fingerprint density at radius 1 is 0.744 bits per heavy atom. The van der Waals surface area contributed by atoms with E-state index in [-0.39, 0.29) is 0 Å². The quantitative estimate of drug-likeness (QED) is 0.0773. The third-order valence-electron chi connectivity index (χ3n) is 5.43. The zero-order valence-electron chi connectivity index (χ0n) is 23.0. The third kappa shape index (κ3) is 11.2. The molecular weight excluding hydrogens is 508 g/mol. The Labute approximate surface area is 245 Å². The molecule has 0 saturated heterocycles. The first-order chi connectivity index (χ1) is 19.0. The Kier molecular flexibility index (Phi) is 12.9. The van der Waals surface area contributed by atoms with Crippen LogP contribution in [0.15, 0.2) is 140 Å². The van der Waals surface area contributed by atoms with Gasteiger partial charge in [0.15, 0.2) is 0 Å². The molecule has 1 nitrogen and oxygen atoms in total. The van der Waals surface area contributed by atoms with Crippen molar-refractivity contribution in [2.75, 3.05) is 0 Å². The molecule has 2 heteroatoms. The summed E-state index contributed by atoms with van der Waals surface area (Å²) in [5, 5.41) is 0. The monoisotopic (exact) mass is 543 g/mol. The molecule has 0 fully saturated rings. The SMILES string of the molecule is C[C](C)=[Ti+].Cc1ccc(C=CC(=C(Oc2ccccc2)c2ccccc2)c2ccccc2)cc1.[C-]1=CC=CC1. The van der Waals surface area contributed by atoms with Crippen LogP contribution in [-0.4, -0.2) is 3.81 Å². The van der Waals surface area contributed by atoms with Gasteiger partial charge in [-0.3, -0.25) is 6.08 Å². The molecule has 0 unspecified atom stereocenters. The van der Waals surface area contributed by atoms with E-state index < -0.39 is 0 Å². The van der Waals surface area contributed by atoms with Crippen molar-refractivity contribution < 1.29 is 24.7 Å². The minimum atomic E-state index is 0.813. The van der Waals surface area contributed by atoms with Gasteiger partial charge in [0.25, 0.3) is 0 Å². The van der Waals surface area contributed by atoms with Gasteiger partial charge in [0.2, 0.25) is 0 Å². The van der Waals surface area contributed by atoms with E-state index in [1.54, 1.807) is 0 Å². The summed E-state index contributed by atoms with van der Waals surface area (Å²) in [6, 6.07) is 39.1. The van der Waals surface area contributed by atoms with Gasteiger partial charge in [-0.2, -0.15) is 6.08 Å². The minimum absolute atomic E-state index is 0.813. The number of hydrogen-bond acceptors (Lipinski definition) is 1. The Bertz CT molecular complexity index is 1380. The van der Waals surface area contributed by atoms with Crippen LogP contribution in [0.5, 0.6) is 5.75 Å². The summed E-state index contributed by atoms with van der Waals surface area (Å²) in [6.07, 6.45) is 14.3. The minimum Gasteiger partial charge on any atom is -0.456 e. The summed E-state index contributed by atoms with van der Waals surface area (Å²) in [7, 11) is 0. The molecule has 0 saturated carbocycles. The molecule has 0 aliphatic heterocycles. The van der Waals surface area contributed by atoms with Crippen molar-refractivity contribution in [3.05, 3.63) is 168 Å². The second kappa shape index (κ2) is 16.9. The molecule has 0 atom stereocenters. The van der Waals surface area contributed by atoms with Gasteiger partial charge in [0.1, 0.15) is 11.5 Å². The molecule has 0 radical (unpaired) electrons. The Balaban J connectivity index is 0.000000400. The molecule has 5 rings (SSSR count). The first-order valence-corrected chi connectivity index (χ1v) is 13.9. The van der Waals surface area contributed by atoms with Crippen molar-refractivity contribution >= 4 is 21.2 Å². The maximum Gasteiger partial charge on any atom is 0.142 e. The zero-order chi connectivity index (χ0) is 27.7. The maximum absolute atomic E-state index is 6.45. The average molecular weight is 544 g/mol. The van der Waals surface area contributed by atoms with Gasteiger partial charge in [0.05, 0.1) is 0 Å². The summed E-state index contributed by atoms with van der Waals surface area (Å²) >= 11 is 2.08. The fraction of sp³-hybridized carbons (Fsp3) is 0.108.